The summed E-state index contributed by atoms with van der Waals surface area (Å²) in [6.07, 6.45) is 3.78. The maximum atomic E-state index is 12.7. The number of rotatable bonds is 9. The predicted molar refractivity (Wildman–Crippen MR) is 103 cm³/mol. The highest BCUT2D eigenvalue weighted by molar-refractivity contribution is 6.30. The molecule has 0 bridgehead atoms. The summed E-state index contributed by atoms with van der Waals surface area (Å²) in [6, 6.07) is 8.34. The van der Waals surface area contributed by atoms with Crippen LogP contribution in [0.3, 0.4) is 0 Å². The van der Waals surface area contributed by atoms with Crippen molar-refractivity contribution < 1.29 is 23.7 Å². The molecule has 1 fully saturated rings. The molecule has 28 heavy (non-hydrogen) atoms. The number of carbonyl (C=O) groups excluding carboxylic acids is 2. The Balaban J connectivity index is 1.55. The summed E-state index contributed by atoms with van der Waals surface area (Å²) in [5.41, 5.74) is 0. The van der Waals surface area contributed by atoms with Crippen LogP contribution in [0.5, 0.6) is 5.75 Å². The maximum Gasteiger partial charge on any atom is 0.261 e. The van der Waals surface area contributed by atoms with Crippen LogP contribution in [0.15, 0.2) is 41.1 Å². The van der Waals surface area contributed by atoms with E-state index in [2.05, 4.69) is 10.5 Å². The highest BCUT2D eigenvalue weighted by Gasteiger charge is 2.22. The van der Waals surface area contributed by atoms with Crippen molar-refractivity contribution in [2.24, 2.45) is 0 Å². The second kappa shape index (κ2) is 10.1. The number of benzene rings is 1. The van der Waals surface area contributed by atoms with Crippen LogP contribution < -0.4 is 15.0 Å². The fourth-order valence-corrected chi connectivity index (χ4v) is 3.24. The molecule has 1 aliphatic heterocycles. The van der Waals surface area contributed by atoms with E-state index in [0.29, 0.717) is 23.1 Å². The average Bonchev–Trinajstić information content (AvgIpc) is 3.38. The van der Waals surface area contributed by atoms with E-state index in [1.807, 2.05) is 0 Å². The van der Waals surface area contributed by atoms with Crippen LogP contribution in [0.2, 0.25) is 5.02 Å². The fourth-order valence-electron chi connectivity index (χ4n) is 3.11. The monoisotopic (exact) mass is 407 g/mol. The van der Waals surface area contributed by atoms with Gasteiger partial charge in [0.1, 0.15) is 18.6 Å². The second-order valence-corrected chi connectivity index (χ2v) is 7.13. The Kier molecular flexibility index (Phi) is 7.27. The molecule has 0 spiro atoms. The standard InChI is InChI=1S/C19H23ClN4O4/c20-15-3-5-16(6-4-15)27-14-19(26)24(11-10-23-8-1-2-9-23)13-18(25)21-17-7-12-28-22-17/h3-7,12H,1-2,8-11,13-14H2,(H,21,22,25)/p+1. The third-order valence-corrected chi connectivity index (χ3v) is 4.87. The fraction of sp³-hybridized carbons (Fsp3) is 0.421. The molecule has 1 saturated heterocycles. The second-order valence-electron chi connectivity index (χ2n) is 6.70. The lowest BCUT2D eigenvalue weighted by atomic mass is 10.3. The van der Waals surface area contributed by atoms with Gasteiger partial charge in [-0.3, -0.25) is 9.59 Å². The highest BCUT2D eigenvalue weighted by Crippen LogP contribution is 2.15. The number of carbonyl (C=O) groups is 2. The van der Waals surface area contributed by atoms with E-state index in [-0.39, 0.29) is 25.0 Å². The number of nitrogens with zero attached hydrogens (tertiary/aromatic N) is 2. The molecule has 0 aliphatic carbocycles. The lowest BCUT2D eigenvalue weighted by Gasteiger charge is -2.23. The smallest absolute Gasteiger partial charge is 0.261 e. The summed E-state index contributed by atoms with van der Waals surface area (Å²) in [5.74, 6) is 0.295. The molecule has 9 heteroatoms. The van der Waals surface area contributed by atoms with E-state index >= 15 is 0 Å². The molecular formula is C19H24ClN4O4+. The molecule has 0 saturated carbocycles. The largest absolute Gasteiger partial charge is 0.484 e. The van der Waals surface area contributed by atoms with Gasteiger partial charge in [-0.15, -0.1) is 0 Å². The van der Waals surface area contributed by atoms with Gasteiger partial charge in [0.05, 0.1) is 26.2 Å². The predicted octanol–water partition coefficient (Wildman–Crippen LogP) is 0.853. The minimum absolute atomic E-state index is 0.0665. The van der Waals surface area contributed by atoms with Crippen LogP contribution in [-0.4, -0.2) is 61.2 Å². The summed E-state index contributed by atoms with van der Waals surface area (Å²) in [7, 11) is 0. The summed E-state index contributed by atoms with van der Waals surface area (Å²) < 4.78 is 10.2. The summed E-state index contributed by atoms with van der Waals surface area (Å²) in [4.78, 5) is 27.9. The summed E-state index contributed by atoms with van der Waals surface area (Å²) in [6.45, 7) is 3.30. The average molecular weight is 408 g/mol. The van der Waals surface area contributed by atoms with Crippen LogP contribution in [0.25, 0.3) is 0 Å². The zero-order chi connectivity index (χ0) is 19.8. The van der Waals surface area contributed by atoms with Crippen molar-refractivity contribution >= 4 is 29.2 Å². The number of quaternary nitrogens is 1. The first-order valence-electron chi connectivity index (χ1n) is 9.30. The van der Waals surface area contributed by atoms with Gasteiger partial charge in [-0.05, 0) is 24.3 Å². The Morgan fingerprint density at radius 3 is 2.64 bits per heavy atom. The van der Waals surface area contributed by atoms with Gasteiger partial charge in [-0.25, -0.2) is 0 Å². The number of amides is 2. The molecule has 1 aliphatic rings. The Labute approximate surface area is 168 Å². The Hall–Kier alpha value is -2.58. The van der Waals surface area contributed by atoms with E-state index in [4.69, 9.17) is 20.9 Å². The minimum atomic E-state index is -0.329. The Bertz CT molecular complexity index is 761. The van der Waals surface area contributed by atoms with Crippen LogP contribution >= 0.6 is 11.6 Å². The molecule has 0 radical (unpaired) electrons. The van der Waals surface area contributed by atoms with Crippen molar-refractivity contribution in [2.75, 3.05) is 44.6 Å². The first-order chi connectivity index (χ1) is 13.6. The number of halogens is 1. The van der Waals surface area contributed by atoms with Gasteiger partial charge in [-0.1, -0.05) is 16.8 Å². The van der Waals surface area contributed by atoms with Crippen LogP contribution in [0.1, 0.15) is 12.8 Å². The van der Waals surface area contributed by atoms with Crippen molar-refractivity contribution in [2.45, 2.75) is 12.8 Å². The molecule has 2 aromatic rings. The molecule has 0 atom stereocenters. The van der Waals surface area contributed by atoms with Gasteiger partial charge in [0, 0.05) is 23.9 Å². The lowest BCUT2D eigenvalue weighted by molar-refractivity contribution is -0.886. The summed E-state index contributed by atoms with van der Waals surface area (Å²) >= 11 is 5.85. The molecule has 150 valence electrons. The van der Waals surface area contributed by atoms with Gasteiger partial charge >= 0.3 is 0 Å². The Morgan fingerprint density at radius 1 is 1.21 bits per heavy atom. The van der Waals surface area contributed by atoms with E-state index in [9.17, 15) is 9.59 Å². The van der Waals surface area contributed by atoms with Crippen molar-refractivity contribution in [1.29, 1.82) is 0 Å². The molecule has 0 unspecified atom stereocenters. The minimum Gasteiger partial charge on any atom is -0.484 e. The van der Waals surface area contributed by atoms with Gasteiger partial charge < -0.3 is 24.4 Å². The number of nitrogens with one attached hydrogen (secondary N) is 2. The summed E-state index contributed by atoms with van der Waals surface area (Å²) in [5, 5.41) is 6.86. The molecule has 1 aromatic carbocycles. The number of hydrogen-bond acceptors (Lipinski definition) is 5. The van der Waals surface area contributed by atoms with Crippen LogP contribution in [0, 0.1) is 0 Å². The number of hydrogen-bond donors (Lipinski definition) is 2. The third-order valence-electron chi connectivity index (χ3n) is 4.61. The van der Waals surface area contributed by atoms with E-state index in [1.165, 1.54) is 28.9 Å². The van der Waals surface area contributed by atoms with Crippen LogP contribution in [0.4, 0.5) is 5.82 Å². The normalized spacial score (nSPS) is 14.0. The number of ether oxygens (including phenoxy) is 1. The van der Waals surface area contributed by atoms with Crippen molar-refractivity contribution in [3.8, 4) is 5.75 Å². The molecule has 3 rings (SSSR count). The maximum absolute atomic E-state index is 12.7. The number of anilines is 1. The molecule has 2 N–H and O–H groups in total. The van der Waals surface area contributed by atoms with Gasteiger partial charge in [0.15, 0.2) is 12.4 Å². The number of aromatic nitrogens is 1. The SMILES string of the molecule is O=C(CN(CC[NH+]1CCCC1)C(=O)COc1ccc(Cl)cc1)Nc1ccon1. The van der Waals surface area contributed by atoms with Crippen molar-refractivity contribution in [3.05, 3.63) is 41.6 Å². The van der Waals surface area contributed by atoms with Gasteiger partial charge in [0.25, 0.3) is 5.91 Å². The van der Waals surface area contributed by atoms with Gasteiger partial charge in [0.2, 0.25) is 5.91 Å². The molecule has 8 nitrogen and oxygen atoms in total. The highest BCUT2D eigenvalue weighted by atomic mass is 35.5. The molecule has 2 amide bonds. The lowest BCUT2D eigenvalue weighted by Crippen LogP contribution is -3.10. The topological polar surface area (TPSA) is 89.1 Å². The van der Waals surface area contributed by atoms with E-state index < -0.39 is 0 Å². The number of likely N-dealkylation sites (tertiary alicyclic amines) is 1. The van der Waals surface area contributed by atoms with E-state index in [1.54, 1.807) is 30.3 Å². The molecule has 1 aromatic heterocycles. The zero-order valence-corrected chi connectivity index (χ0v) is 16.3. The quantitative estimate of drug-likeness (QED) is 0.643. The van der Waals surface area contributed by atoms with Crippen LogP contribution in [-0.2, 0) is 9.59 Å². The zero-order valence-electron chi connectivity index (χ0n) is 15.5. The third kappa shape index (κ3) is 6.24. The molecular weight excluding hydrogens is 384 g/mol. The van der Waals surface area contributed by atoms with Crippen molar-refractivity contribution in [3.63, 3.8) is 0 Å². The van der Waals surface area contributed by atoms with E-state index in [0.717, 1.165) is 19.6 Å². The Morgan fingerprint density at radius 2 is 1.96 bits per heavy atom. The van der Waals surface area contributed by atoms with Gasteiger partial charge in [-0.2, -0.15) is 0 Å². The first-order valence-corrected chi connectivity index (χ1v) is 9.68. The first kappa shape index (κ1) is 20.2. The molecule has 2 heterocycles. The van der Waals surface area contributed by atoms with Crippen molar-refractivity contribution in [1.82, 2.24) is 10.1 Å².